The summed E-state index contributed by atoms with van der Waals surface area (Å²) in [5.74, 6) is -0.0669. The molecule has 166 valence electrons. The minimum atomic E-state index is -0.860. The molecule has 31 heavy (non-hydrogen) atoms. The lowest BCUT2D eigenvalue weighted by atomic mass is 9.97. The predicted molar refractivity (Wildman–Crippen MR) is 111 cm³/mol. The highest BCUT2D eigenvalue weighted by Gasteiger charge is 2.32. The number of nitro groups is 1. The fourth-order valence-electron chi connectivity index (χ4n) is 3.49. The molecule has 2 aromatic rings. The Labute approximate surface area is 177 Å². The second kappa shape index (κ2) is 9.32. The lowest BCUT2D eigenvalue weighted by Gasteiger charge is -2.30. The third kappa shape index (κ3) is 4.52. The van der Waals surface area contributed by atoms with Crippen LogP contribution in [0.5, 0.6) is 17.2 Å². The second-order valence-electron chi connectivity index (χ2n) is 6.79. The molecular formula is C19H23N5O7. The number of aromatic nitrogens is 2. The molecule has 1 aliphatic heterocycles. The predicted octanol–water partition coefficient (Wildman–Crippen LogP) is 2.46. The number of ether oxygens (including phenoxy) is 3. The molecule has 12 nitrogen and oxygen atoms in total. The number of aliphatic carboxylic acids is 1. The van der Waals surface area contributed by atoms with E-state index >= 15 is 0 Å². The summed E-state index contributed by atoms with van der Waals surface area (Å²) in [5.41, 5.74) is 0.136. The number of rotatable bonds is 8. The zero-order chi connectivity index (χ0) is 22.5. The first kappa shape index (κ1) is 21.9. The van der Waals surface area contributed by atoms with Crippen molar-refractivity contribution in [3.63, 3.8) is 0 Å². The molecule has 1 aromatic heterocycles. The van der Waals surface area contributed by atoms with Crippen LogP contribution < -0.4 is 24.4 Å². The van der Waals surface area contributed by atoms with Gasteiger partial charge in [-0.25, -0.2) is 9.97 Å². The zero-order valence-electron chi connectivity index (χ0n) is 17.3. The van der Waals surface area contributed by atoms with E-state index < -0.39 is 16.8 Å². The molecule has 0 atom stereocenters. The lowest BCUT2D eigenvalue weighted by Crippen LogP contribution is -2.37. The highest BCUT2D eigenvalue weighted by molar-refractivity contribution is 5.77. The van der Waals surface area contributed by atoms with Crippen LogP contribution in [0.3, 0.4) is 0 Å². The van der Waals surface area contributed by atoms with Gasteiger partial charge in [0.15, 0.2) is 11.5 Å². The van der Waals surface area contributed by atoms with Crippen molar-refractivity contribution in [2.24, 2.45) is 5.92 Å². The Morgan fingerprint density at radius 1 is 1.16 bits per heavy atom. The third-order valence-corrected chi connectivity index (χ3v) is 5.06. The Hall–Kier alpha value is -3.83. The van der Waals surface area contributed by atoms with Crippen LogP contribution in [0.1, 0.15) is 12.8 Å². The van der Waals surface area contributed by atoms with Crippen molar-refractivity contribution in [2.45, 2.75) is 12.8 Å². The van der Waals surface area contributed by atoms with Gasteiger partial charge in [-0.1, -0.05) is 0 Å². The molecule has 12 heteroatoms. The van der Waals surface area contributed by atoms with E-state index in [-0.39, 0.29) is 17.3 Å². The number of carboxylic acid groups (broad SMARTS) is 1. The fraction of sp³-hybridized carbons (Fsp3) is 0.421. The van der Waals surface area contributed by atoms with Gasteiger partial charge in [0.05, 0.1) is 32.2 Å². The highest BCUT2D eigenvalue weighted by Crippen LogP contribution is 2.42. The van der Waals surface area contributed by atoms with Crippen molar-refractivity contribution in [3.8, 4) is 17.2 Å². The van der Waals surface area contributed by atoms with Gasteiger partial charge in [0, 0.05) is 30.9 Å². The van der Waals surface area contributed by atoms with Gasteiger partial charge in [-0.3, -0.25) is 14.9 Å². The SMILES string of the molecule is COc1cc(Nc2ncnc(N3CCC(C(=O)O)CC3)c2[N+](=O)[O-])cc(OC)c1OC. The van der Waals surface area contributed by atoms with Crippen LogP contribution in [0, 0.1) is 16.0 Å². The molecule has 3 rings (SSSR count). The average Bonchev–Trinajstić information content (AvgIpc) is 2.78. The molecular weight excluding hydrogens is 410 g/mol. The maximum Gasteiger partial charge on any atom is 0.353 e. The van der Waals surface area contributed by atoms with Gasteiger partial charge in [0.25, 0.3) is 0 Å². The van der Waals surface area contributed by atoms with Crippen LogP contribution in [0.15, 0.2) is 18.5 Å². The molecule has 2 N–H and O–H groups in total. The van der Waals surface area contributed by atoms with E-state index in [1.54, 1.807) is 17.0 Å². The van der Waals surface area contributed by atoms with Crippen LogP contribution in [-0.4, -0.2) is 60.4 Å². The number of carboxylic acids is 1. The van der Waals surface area contributed by atoms with E-state index in [2.05, 4.69) is 15.3 Å². The van der Waals surface area contributed by atoms with Gasteiger partial charge in [-0.15, -0.1) is 0 Å². The fourth-order valence-corrected chi connectivity index (χ4v) is 3.49. The smallest absolute Gasteiger partial charge is 0.353 e. The van der Waals surface area contributed by atoms with Gasteiger partial charge in [0.1, 0.15) is 6.33 Å². The first-order chi connectivity index (χ1) is 14.9. The van der Waals surface area contributed by atoms with Crippen LogP contribution in [0.4, 0.5) is 23.0 Å². The zero-order valence-corrected chi connectivity index (χ0v) is 17.3. The molecule has 0 aliphatic carbocycles. The molecule has 2 heterocycles. The minimum Gasteiger partial charge on any atom is -0.493 e. The summed E-state index contributed by atoms with van der Waals surface area (Å²) in [5, 5.41) is 24.0. The molecule has 0 spiro atoms. The highest BCUT2D eigenvalue weighted by atomic mass is 16.6. The van der Waals surface area contributed by atoms with Crippen LogP contribution in [0.2, 0.25) is 0 Å². The molecule has 0 radical (unpaired) electrons. The monoisotopic (exact) mass is 433 g/mol. The Bertz CT molecular complexity index is 951. The van der Waals surface area contributed by atoms with Gasteiger partial charge >= 0.3 is 11.7 Å². The van der Waals surface area contributed by atoms with Gasteiger partial charge in [0.2, 0.25) is 17.4 Å². The van der Waals surface area contributed by atoms with Crippen molar-refractivity contribution in [1.82, 2.24) is 9.97 Å². The largest absolute Gasteiger partial charge is 0.493 e. The lowest BCUT2D eigenvalue weighted by molar-refractivity contribution is -0.383. The molecule has 0 saturated carbocycles. The number of piperidine rings is 1. The molecule has 1 aromatic carbocycles. The Morgan fingerprint density at radius 3 is 2.26 bits per heavy atom. The number of anilines is 3. The van der Waals surface area contributed by atoms with E-state index in [0.717, 1.165) is 0 Å². The number of nitrogens with zero attached hydrogens (tertiary/aromatic N) is 4. The van der Waals surface area contributed by atoms with Crippen molar-refractivity contribution in [2.75, 3.05) is 44.6 Å². The summed E-state index contributed by atoms with van der Waals surface area (Å²) in [7, 11) is 4.41. The summed E-state index contributed by atoms with van der Waals surface area (Å²) in [6, 6.07) is 3.20. The van der Waals surface area contributed by atoms with Crippen molar-refractivity contribution in [3.05, 3.63) is 28.6 Å². The summed E-state index contributed by atoms with van der Waals surface area (Å²) < 4.78 is 15.9. The average molecular weight is 433 g/mol. The summed E-state index contributed by atoms with van der Waals surface area (Å²) in [6.07, 6.45) is 1.99. The van der Waals surface area contributed by atoms with E-state index in [9.17, 15) is 20.0 Å². The van der Waals surface area contributed by atoms with E-state index in [1.165, 1.54) is 27.7 Å². The van der Waals surface area contributed by atoms with Crippen molar-refractivity contribution < 1.29 is 29.0 Å². The second-order valence-corrected chi connectivity index (χ2v) is 6.79. The Morgan fingerprint density at radius 2 is 1.77 bits per heavy atom. The number of hydrogen-bond donors (Lipinski definition) is 2. The van der Waals surface area contributed by atoms with Crippen LogP contribution in [0.25, 0.3) is 0 Å². The van der Waals surface area contributed by atoms with Gasteiger partial charge in [-0.2, -0.15) is 0 Å². The summed E-state index contributed by atoms with van der Waals surface area (Å²) in [4.78, 5) is 32.4. The summed E-state index contributed by atoms with van der Waals surface area (Å²) >= 11 is 0. The van der Waals surface area contributed by atoms with E-state index in [4.69, 9.17) is 14.2 Å². The van der Waals surface area contributed by atoms with Crippen molar-refractivity contribution in [1.29, 1.82) is 0 Å². The van der Waals surface area contributed by atoms with Gasteiger partial charge < -0.3 is 29.5 Å². The van der Waals surface area contributed by atoms with Crippen LogP contribution >= 0.6 is 0 Å². The molecule has 1 aliphatic rings. The molecule has 0 amide bonds. The minimum absolute atomic E-state index is 0.00960. The Kier molecular flexibility index (Phi) is 6.58. The topological polar surface area (TPSA) is 149 Å². The van der Waals surface area contributed by atoms with Crippen molar-refractivity contribution >= 4 is 29.0 Å². The maximum atomic E-state index is 11.9. The molecule has 1 saturated heterocycles. The first-order valence-corrected chi connectivity index (χ1v) is 9.43. The number of nitrogens with one attached hydrogen (secondary N) is 1. The Balaban J connectivity index is 1.95. The number of carbonyl (C=O) groups is 1. The standard InChI is InChI=1S/C19H23N5O7/c1-29-13-8-12(9-14(30-2)16(13)31-3)22-17-15(24(27)28)18(21-10-20-17)23-6-4-11(5-7-23)19(25)26/h8-11H,4-7H2,1-3H3,(H,25,26)(H,20,21,22). The van der Waals surface area contributed by atoms with E-state index in [1.807, 2.05) is 0 Å². The number of hydrogen-bond acceptors (Lipinski definition) is 10. The number of methoxy groups -OCH3 is 3. The first-order valence-electron chi connectivity index (χ1n) is 9.43. The molecule has 1 fully saturated rings. The van der Waals surface area contributed by atoms with Gasteiger partial charge in [-0.05, 0) is 12.8 Å². The third-order valence-electron chi connectivity index (χ3n) is 5.06. The normalized spacial score (nSPS) is 14.1. The molecule has 0 unspecified atom stereocenters. The summed E-state index contributed by atoms with van der Waals surface area (Å²) in [6.45, 7) is 0.691. The quantitative estimate of drug-likeness (QED) is 0.467. The van der Waals surface area contributed by atoms with E-state index in [0.29, 0.717) is 48.9 Å². The van der Waals surface area contributed by atoms with Crippen LogP contribution in [-0.2, 0) is 4.79 Å². The molecule has 0 bridgehead atoms. The number of benzene rings is 1. The maximum absolute atomic E-state index is 11.9.